The van der Waals surface area contributed by atoms with Crippen molar-refractivity contribution in [2.45, 2.75) is 4.90 Å². The number of sulfonamides is 2. The molecule has 0 heterocycles. The quantitative estimate of drug-likeness (QED) is 0.775. The van der Waals surface area contributed by atoms with Gasteiger partial charge in [0.15, 0.2) is 0 Å². The fraction of sp³-hybridized carbons (Fsp3) is 0.400. The van der Waals surface area contributed by atoms with Crippen molar-refractivity contribution in [2.75, 3.05) is 31.1 Å². The molecule has 0 amide bonds. The first-order chi connectivity index (χ1) is 9.14. The summed E-state index contributed by atoms with van der Waals surface area (Å²) in [5.41, 5.74) is 0.0103. The molecule has 1 aromatic rings. The van der Waals surface area contributed by atoms with E-state index in [2.05, 4.69) is 4.72 Å². The monoisotopic (exact) mass is 342 g/mol. The van der Waals surface area contributed by atoms with Crippen LogP contribution >= 0.6 is 11.6 Å². The number of hydrogen-bond acceptors (Lipinski definition) is 5. The van der Waals surface area contributed by atoms with Gasteiger partial charge in [0, 0.05) is 14.1 Å². The van der Waals surface area contributed by atoms with E-state index in [9.17, 15) is 16.8 Å². The van der Waals surface area contributed by atoms with Crippen molar-refractivity contribution < 1.29 is 21.6 Å². The molecule has 0 atom stereocenters. The maximum Gasteiger partial charge on any atom is 0.246 e. The van der Waals surface area contributed by atoms with Gasteiger partial charge in [-0.25, -0.2) is 21.1 Å². The van der Waals surface area contributed by atoms with Gasteiger partial charge in [-0.1, -0.05) is 0 Å². The molecule has 0 aliphatic rings. The Balaban J connectivity index is 3.37. The third-order valence-corrected chi connectivity index (χ3v) is 5.85. The highest BCUT2D eigenvalue weighted by molar-refractivity contribution is 7.93. The second-order valence-corrected chi connectivity index (χ2v) is 8.43. The summed E-state index contributed by atoms with van der Waals surface area (Å²) in [4.78, 5) is -0.0597. The summed E-state index contributed by atoms with van der Waals surface area (Å²) in [6.45, 7) is 0. The number of halogens is 1. The van der Waals surface area contributed by atoms with Crippen LogP contribution in [0.1, 0.15) is 0 Å². The topological polar surface area (TPSA) is 92.8 Å². The molecule has 1 N–H and O–H groups in total. The SMILES string of the molecule is COc1ccc(S(=O)(=O)N(C)C)cc1NS(=O)(=O)CCl. The highest BCUT2D eigenvalue weighted by atomic mass is 35.5. The second kappa shape index (κ2) is 6.17. The summed E-state index contributed by atoms with van der Waals surface area (Å²) in [7, 11) is -3.34. The number of methoxy groups -OCH3 is 1. The van der Waals surface area contributed by atoms with Gasteiger partial charge < -0.3 is 4.74 Å². The van der Waals surface area contributed by atoms with Crippen LogP contribution in [-0.4, -0.2) is 47.6 Å². The molecular formula is C10H15ClN2O5S2. The largest absolute Gasteiger partial charge is 0.495 e. The Bertz CT molecular complexity index is 686. The van der Waals surface area contributed by atoms with E-state index in [1.165, 1.54) is 39.4 Å². The lowest BCUT2D eigenvalue weighted by molar-refractivity contribution is 0.416. The lowest BCUT2D eigenvalue weighted by Crippen LogP contribution is -2.22. The summed E-state index contributed by atoms with van der Waals surface area (Å²) in [6, 6.07) is 3.87. The molecule has 10 heteroatoms. The van der Waals surface area contributed by atoms with Crippen LogP contribution in [0.5, 0.6) is 5.75 Å². The van der Waals surface area contributed by atoms with Gasteiger partial charge >= 0.3 is 0 Å². The van der Waals surface area contributed by atoms with Crippen molar-refractivity contribution in [1.29, 1.82) is 0 Å². The first-order valence-electron chi connectivity index (χ1n) is 5.31. The molecule has 0 radical (unpaired) electrons. The molecule has 0 fully saturated rings. The average molecular weight is 343 g/mol. The highest BCUT2D eigenvalue weighted by Gasteiger charge is 2.20. The Morgan fingerprint density at radius 1 is 1.25 bits per heavy atom. The van der Waals surface area contributed by atoms with E-state index in [0.29, 0.717) is 0 Å². The van der Waals surface area contributed by atoms with Crippen molar-refractivity contribution >= 4 is 37.3 Å². The molecule has 1 aromatic carbocycles. The number of anilines is 1. The predicted molar refractivity (Wildman–Crippen MR) is 77.1 cm³/mol. The Kier molecular flexibility index (Phi) is 5.25. The zero-order chi connectivity index (χ0) is 15.6. The summed E-state index contributed by atoms with van der Waals surface area (Å²) >= 11 is 5.30. The maximum absolute atomic E-state index is 12.0. The van der Waals surface area contributed by atoms with Gasteiger partial charge in [0.05, 0.1) is 17.7 Å². The van der Waals surface area contributed by atoms with Crippen molar-refractivity contribution in [3.05, 3.63) is 18.2 Å². The van der Waals surface area contributed by atoms with Crippen LogP contribution in [0.2, 0.25) is 0 Å². The molecule has 1 rings (SSSR count). The fourth-order valence-electron chi connectivity index (χ4n) is 1.33. The summed E-state index contributed by atoms with van der Waals surface area (Å²) in [5.74, 6) is 0.191. The minimum Gasteiger partial charge on any atom is -0.495 e. The molecule has 0 aliphatic heterocycles. The zero-order valence-electron chi connectivity index (χ0n) is 11.1. The van der Waals surface area contributed by atoms with Crippen LogP contribution in [0.3, 0.4) is 0 Å². The van der Waals surface area contributed by atoms with Crippen LogP contribution in [0.25, 0.3) is 0 Å². The number of rotatable bonds is 6. The van der Waals surface area contributed by atoms with E-state index in [0.717, 1.165) is 4.31 Å². The lowest BCUT2D eigenvalue weighted by Gasteiger charge is -2.15. The maximum atomic E-state index is 12.0. The molecule has 0 unspecified atom stereocenters. The first kappa shape index (κ1) is 17.0. The number of ether oxygens (including phenoxy) is 1. The molecule has 0 spiro atoms. The van der Waals surface area contributed by atoms with Crippen molar-refractivity contribution in [1.82, 2.24) is 4.31 Å². The molecule has 0 saturated heterocycles. The second-order valence-electron chi connectivity index (χ2n) is 3.98. The number of nitrogens with one attached hydrogen (secondary N) is 1. The first-order valence-corrected chi connectivity index (χ1v) is 8.94. The van der Waals surface area contributed by atoms with E-state index in [1.807, 2.05) is 0 Å². The van der Waals surface area contributed by atoms with Crippen LogP contribution in [0.15, 0.2) is 23.1 Å². The van der Waals surface area contributed by atoms with E-state index in [4.69, 9.17) is 16.3 Å². The van der Waals surface area contributed by atoms with E-state index in [-0.39, 0.29) is 16.3 Å². The van der Waals surface area contributed by atoms with Crippen molar-refractivity contribution in [3.8, 4) is 5.75 Å². The molecule has 0 saturated carbocycles. The molecular weight excluding hydrogens is 328 g/mol. The van der Waals surface area contributed by atoms with Crippen LogP contribution in [0.4, 0.5) is 5.69 Å². The third kappa shape index (κ3) is 3.75. The summed E-state index contributed by atoms with van der Waals surface area (Å²) in [6.07, 6.45) is 0. The molecule has 7 nitrogen and oxygen atoms in total. The van der Waals surface area contributed by atoms with Crippen molar-refractivity contribution in [2.24, 2.45) is 0 Å². The van der Waals surface area contributed by atoms with E-state index < -0.39 is 25.3 Å². The van der Waals surface area contributed by atoms with Crippen LogP contribution in [-0.2, 0) is 20.0 Å². The number of hydrogen-bond donors (Lipinski definition) is 1. The van der Waals surface area contributed by atoms with Gasteiger partial charge in [0.1, 0.15) is 11.0 Å². The molecule has 0 aliphatic carbocycles. The van der Waals surface area contributed by atoms with Gasteiger partial charge in [0.2, 0.25) is 20.0 Å². The van der Waals surface area contributed by atoms with Crippen molar-refractivity contribution in [3.63, 3.8) is 0 Å². The smallest absolute Gasteiger partial charge is 0.246 e. The molecule has 114 valence electrons. The lowest BCUT2D eigenvalue weighted by atomic mass is 10.3. The normalized spacial score (nSPS) is 12.4. The van der Waals surface area contributed by atoms with Gasteiger partial charge in [0.25, 0.3) is 0 Å². The standard InChI is InChI=1S/C10H15ClN2O5S2/c1-13(2)20(16,17)8-4-5-10(18-3)9(6-8)12-19(14,15)7-11/h4-6,12H,7H2,1-3H3. The Labute approximate surface area is 123 Å². The highest BCUT2D eigenvalue weighted by Crippen LogP contribution is 2.29. The fourth-order valence-corrected chi connectivity index (χ4v) is 2.97. The minimum absolute atomic E-state index is 0.0103. The Hall–Kier alpha value is -1.03. The van der Waals surface area contributed by atoms with Crippen LogP contribution < -0.4 is 9.46 Å². The van der Waals surface area contributed by atoms with Gasteiger partial charge in [-0.15, -0.1) is 11.6 Å². The van der Waals surface area contributed by atoms with E-state index in [1.54, 1.807) is 0 Å². The molecule has 0 aromatic heterocycles. The predicted octanol–water partition coefficient (Wildman–Crippen LogP) is 0.883. The van der Waals surface area contributed by atoms with E-state index >= 15 is 0 Å². The van der Waals surface area contributed by atoms with Crippen LogP contribution in [0, 0.1) is 0 Å². The average Bonchev–Trinajstić information content (AvgIpc) is 2.38. The summed E-state index contributed by atoms with van der Waals surface area (Å²) < 4.78 is 55.1. The number of benzene rings is 1. The van der Waals surface area contributed by atoms with Gasteiger partial charge in [-0.2, -0.15) is 0 Å². The Morgan fingerprint density at radius 3 is 2.30 bits per heavy atom. The zero-order valence-corrected chi connectivity index (χ0v) is 13.5. The van der Waals surface area contributed by atoms with Gasteiger partial charge in [-0.05, 0) is 18.2 Å². The minimum atomic E-state index is -3.76. The number of alkyl halides is 1. The number of nitrogens with zero attached hydrogens (tertiary/aromatic N) is 1. The summed E-state index contributed by atoms with van der Waals surface area (Å²) in [5, 5.41) is -0.652. The molecule has 20 heavy (non-hydrogen) atoms. The molecule has 0 bridgehead atoms. The van der Waals surface area contributed by atoms with Gasteiger partial charge in [-0.3, -0.25) is 4.72 Å². The third-order valence-electron chi connectivity index (χ3n) is 2.36. The Morgan fingerprint density at radius 2 is 1.85 bits per heavy atom.